The normalized spacial score (nSPS) is 14.1. The number of benzene rings is 1. The molecule has 1 saturated heterocycles. The van der Waals surface area contributed by atoms with Gasteiger partial charge in [-0.15, -0.1) is 11.3 Å². The maximum atomic E-state index is 12.3. The van der Waals surface area contributed by atoms with Crippen LogP contribution >= 0.6 is 11.3 Å². The second kappa shape index (κ2) is 10.9. The van der Waals surface area contributed by atoms with Gasteiger partial charge in [-0.1, -0.05) is 18.2 Å². The molecule has 156 valence electrons. The average Bonchev–Trinajstić information content (AvgIpc) is 3.44. The van der Waals surface area contributed by atoms with E-state index in [1.807, 2.05) is 29.2 Å². The van der Waals surface area contributed by atoms with E-state index in [4.69, 9.17) is 4.99 Å². The van der Waals surface area contributed by atoms with Gasteiger partial charge in [0.05, 0.1) is 6.54 Å². The van der Waals surface area contributed by atoms with Crippen LogP contribution < -0.4 is 10.6 Å². The zero-order chi connectivity index (χ0) is 20.5. The van der Waals surface area contributed by atoms with Crippen LogP contribution in [0.4, 0.5) is 10.5 Å². The summed E-state index contributed by atoms with van der Waals surface area (Å²) in [6.45, 7) is 6.09. The topological polar surface area (TPSA) is 60.0 Å². The number of anilines is 1. The summed E-state index contributed by atoms with van der Waals surface area (Å²) in [6, 6.07) is 12.2. The SMILES string of the molecule is CCNC(=NCc1cccc(NC(=O)N2CCCC2)c1)N(C)CCc1cccs1. The number of thiophene rings is 1. The van der Waals surface area contributed by atoms with Crippen LogP contribution in [0.25, 0.3) is 0 Å². The number of amides is 2. The van der Waals surface area contributed by atoms with Crippen LogP contribution in [-0.4, -0.2) is 55.0 Å². The van der Waals surface area contributed by atoms with Gasteiger partial charge in [-0.05, 0) is 55.3 Å². The van der Waals surface area contributed by atoms with Crippen LogP contribution in [0.3, 0.4) is 0 Å². The number of urea groups is 1. The van der Waals surface area contributed by atoms with Crippen molar-refractivity contribution in [2.24, 2.45) is 4.99 Å². The lowest BCUT2D eigenvalue weighted by atomic mass is 10.2. The van der Waals surface area contributed by atoms with E-state index < -0.39 is 0 Å². The molecule has 1 fully saturated rings. The number of hydrogen-bond donors (Lipinski definition) is 2. The van der Waals surface area contributed by atoms with Crippen LogP contribution in [0.2, 0.25) is 0 Å². The number of guanidine groups is 1. The summed E-state index contributed by atoms with van der Waals surface area (Å²) in [5.74, 6) is 0.899. The van der Waals surface area contributed by atoms with Crippen molar-refractivity contribution in [2.75, 3.05) is 38.5 Å². The number of likely N-dealkylation sites (tertiary alicyclic amines) is 1. The molecule has 2 N–H and O–H groups in total. The largest absolute Gasteiger partial charge is 0.357 e. The van der Waals surface area contributed by atoms with Crippen molar-refractivity contribution in [3.63, 3.8) is 0 Å². The molecule has 29 heavy (non-hydrogen) atoms. The van der Waals surface area contributed by atoms with Crippen LogP contribution in [-0.2, 0) is 13.0 Å². The third-order valence-corrected chi connectivity index (χ3v) is 5.89. The highest BCUT2D eigenvalue weighted by Crippen LogP contribution is 2.15. The molecule has 0 unspecified atom stereocenters. The van der Waals surface area contributed by atoms with E-state index in [-0.39, 0.29) is 6.03 Å². The lowest BCUT2D eigenvalue weighted by Gasteiger charge is -2.22. The first-order valence-electron chi connectivity index (χ1n) is 10.3. The molecule has 0 saturated carbocycles. The van der Waals surface area contributed by atoms with Gasteiger partial charge >= 0.3 is 6.03 Å². The van der Waals surface area contributed by atoms with Gasteiger partial charge in [-0.2, -0.15) is 0 Å². The van der Waals surface area contributed by atoms with Crippen molar-refractivity contribution in [3.05, 3.63) is 52.2 Å². The fourth-order valence-corrected chi connectivity index (χ4v) is 4.04. The minimum Gasteiger partial charge on any atom is -0.357 e. The van der Waals surface area contributed by atoms with E-state index in [1.165, 1.54) is 4.88 Å². The molecule has 0 atom stereocenters. The molecule has 0 aliphatic carbocycles. The molecule has 7 heteroatoms. The number of nitrogens with one attached hydrogen (secondary N) is 2. The summed E-state index contributed by atoms with van der Waals surface area (Å²) in [5, 5.41) is 8.49. The van der Waals surface area contributed by atoms with Gasteiger partial charge in [0.15, 0.2) is 5.96 Å². The van der Waals surface area contributed by atoms with Crippen LogP contribution in [0.5, 0.6) is 0 Å². The molecule has 0 bridgehead atoms. The predicted octanol–water partition coefficient (Wildman–Crippen LogP) is 4.02. The maximum absolute atomic E-state index is 12.3. The molecule has 1 aliphatic rings. The third kappa shape index (κ3) is 6.49. The summed E-state index contributed by atoms with van der Waals surface area (Å²) in [6.07, 6.45) is 3.20. The van der Waals surface area contributed by atoms with Gasteiger partial charge in [0.1, 0.15) is 0 Å². The highest BCUT2D eigenvalue weighted by molar-refractivity contribution is 7.09. The van der Waals surface area contributed by atoms with E-state index >= 15 is 0 Å². The van der Waals surface area contributed by atoms with Gasteiger partial charge in [0.2, 0.25) is 0 Å². The van der Waals surface area contributed by atoms with Gasteiger partial charge < -0.3 is 20.4 Å². The number of rotatable bonds is 7. The minimum atomic E-state index is -0.00944. The Labute approximate surface area is 177 Å². The number of aliphatic imine (C=N–C) groups is 1. The van der Waals surface area contributed by atoms with Crippen molar-refractivity contribution >= 4 is 29.0 Å². The Balaban J connectivity index is 1.58. The lowest BCUT2D eigenvalue weighted by molar-refractivity contribution is 0.222. The van der Waals surface area contributed by atoms with E-state index in [2.05, 4.69) is 47.0 Å². The lowest BCUT2D eigenvalue weighted by Crippen LogP contribution is -2.39. The van der Waals surface area contributed by atoms with Crippen molar-refractivity contribution < 1.29 is 4.79 Å². The zero-order valence-corrected chi connectivity index (χ0v) is 18.2. The van der Waals surface area contributed by atoms with Crippen molar-refractivity contribution in [2.45, 2.75) is 32.7 Å². The summed E-state index contributed by atoms with van der Waals surface area (Å²) in [7, 11) is 2.07. The molecule has 1 aromatic carbocycles. The van der Waals surface area contributed by atoms with Crippen LogP contribution in [0.15, 0.2) is 46.8 Å². The maximum Gasteiger partial charge on any atom is 0.321 e. The Kier molecular flexibility index (Phi) is 7.93. The van der Waals surface area contributed by atoms with Gasteiger partial charge in [0, 0.05) is 43.8 Å². The van der Waals surface area contributed by atoms with E-state index in [9.17, 15) is 4.79 Å². The first-order chi connectivity index (χ1) is 14.2. The number of likely N-dealkylation sites (N-methyl/N-ethyl adjacent to an activating group) is 1. The fourth-order valence-electron chi connectivity index (χ4n) is 3.34. The van der Waals surface area contributed by atoms with Gasteiger partial charge in [-0.25, -0.2) is 9.79 Å². The Hall–Kier alpha value is -2.54. The Morgan fingerprint density at radius 1 is 1.24 bits per heavy atom. The Bertz CT molecular complexity index is 799. The molecule has 0 radical (unpaired) electrons. The number of carbonyl (C=O) groups excluding carboxylic acids is 1. The molecule has 2 heterocycles. The summed E-state index contributed by atoms with van der Waals surface area (Å²) in [4.78, 5) is 22.5. The smallest absolute Gasteiger partial charge is 0.321 e. The monoisotopic (exact) mass is 413 g/mol. The first kappa shape index (κ1) is 21.2. The minimum absolute atomic E-state index is 0.00944. The summed E-state index contributed by atoms with van der Waals surface area (Å²) < 4.78 is 0. The molecule has 1 aliphatic heterocycles. The first-order valence-corrected chi connectivity index (χ1v) is 11.2. The molecule has 3 rings (SSSR count). The van der Waals surface area contributed by atoms with E-state index in [0.29, 0.717) is 6.54 Å². The molecule has 2 amide bonds. The molecule has 6 nitrogen and oxygen atoms in total. The molecular weight excluding hydrogens is 382 g/mol. The highest BCUT2D eigenvalue weighted by Gasteiger charge is 2.17. The number of hydrogen-bond acceptors (Lipinski definition) is 3. The number of nitrogens with zero attached hydrogens (tertiary/aromatic N) is 3. The van der Waals surface area contributed by atoms with E-state index in [0.717, 1.165) is 62.7 Å². The number of carbonyl (C=O) groups is 1. The summed E-state index contributed by atoms with van der Waals surface area (Å²) in [5.41, 5.74) is 1.90. The molecule has 1 aromatic heterocycles. The quantitative estimate of drug-likeness (QED) is 0.532. The standard InChI is InChI=1S/C22H31N5OS/c1-3-23-21(26(2)14-11-20-10-7-15-29-20)24-17-18-8-6-9-19(16-18)25-22(28)27-12-4-5-13-27/h6-10,15-16H,3-5,11-14,17H2,1-2H3,(H,23,24)(H,25,28). The molecule has 2 aromatic rings. The van der Waals surface area contributed by atoms with E-state index in [1.54, 1.807) is 11.3 Å². The van der Waals surface area contributed by atoms with Gasteiger partial charge in [0.25, 0.3) is 0 Å². The zero-order valence-electron chi connectivity index (χ0n) is 17.4. The average molecular weight is 414 g/mol. The van der Waals surface area contributed by atoms with Crippen LogP contribution in [0, 0.1) is 0 Å². The molecule has 0 spiro atoms. The second-order valence-electron chi connectivity index (χ2n) is 7.25. The Morgan fingerprint density at radius 2 is 2.07 bits per heavy atom. The predicted molar refractivity (Wildman–Crippen MR) is 122 cm³/mol. The Morgan fingerprint density at radius 3 is 2.79 bits per heavy atom. The second-order valence-corrected chi connectivity index (χ2v) is 8.28. The van der Waals surface area contributed by atoms with Crippen molar-refractivity contribution in [3.8, 4) is 0 Å². The van der Waals surface area contributed by atoms with Crippen molar-refractivity contribution in [1.29, 1.82) is 0 Å². The van der Waals surface area contributed by atoms with Gasteiger partial charge in [-0.3, -0.25) is 0 Å². The fraction of sp³-hybridized carbons (Fsp3) is 0.455. The van der Waals surface area contributed by atoms with Crippen molar-refractivity contribution in [1.82, 2.24) is 15.1 Å². The molecular formula is C22H31N5OS. The highest BCUT2D eigenvalue weighted by atomic mass is 32.1. The third-order valence-electron chi connectivity index (χ3n) is 4.95. The van der Waals surface area contributed by atoms with Crippen LogP contribution in [0.1, 0.15) is 30.2 Å². The summed E-state index contributed by atoms with van der Waals surface area (Å²) >= 11 is 1.79.